The van der Waals surface area contributed by atoms with E-state index in [1.165, 1.54) is 12.8 Å². The zero-order valence-corrected chi connectivity index (χ0v) is 24.8. The smallest absolute Gasteiger partial charge is 0.306 e. The van der Waals surface area contributed by atoms with E-state index in [0.29, 0.717) is 23.9 Å². The van der Waals surface area contributed by atoms with Crippen LogP contribution in [0, 0.1) is 0 Å². The third-order valence-corrected chi connectivity index (χ3v) is 6.50. The van der Waals surface area contributed by atoms with E-state index in [2.05, 4.69) is 19.1 Å². The summed E-state index contributed by atoms with van der Waals surface area (Å²) in [6.07, 6.45) is 15.1. The van der Waals surface area contributed by atoms with Crippen LogP contribution in [-0.4, -0.2) is 70.0 Å². The fourth-order valence-corrected chi connectivity index (χ4v) is 3.93. The van der Waals surface area contributed by atoms with E-state index >= 15 is 0 Å². The molecule has 0 aromatic rings. The molecule has 0 fully saturated rings. The van der Waals surface area contributed by atoms with Crippen molar-refractivity contribution >= 4 is 19.8 Å². The number of esters is 2. The van der Waals surface area contributed by atoms with Gasteiger partial charge in [0.25, 0.3) is 7.82 Å². The van der Waals surface area contributed by atoms with Gasteiger partial charge in [-0.1, -0.05) is 64.5 Å². The Hall–Kier alpha value is -1.25. The number of allylic oxidation sites excluding steroid dienone is 2. The van der Waals surface area contributed by atoms with Gasteiger partial charge in [-0.25, -0.2) is 0 Å². The van der Waals surface area contributed by atoms with E-state index in [0.717, 1.165) is 44.9 Å². The quantitative estimate of drug-likeness (QED) is 0.0523. The van der Waals surface area contributed by atoms with Crippen molar-refractivity contribution in [2.45, 2.75) is 103 Å². The highest BCUT2D eigenvalue weighted by molar-refractivity contribution is 7.45. The maximum absolute atomic E-state index is 12.3. The Kier molecular flexibility index (Phi) is 20.9. The third-order valence-electron chi connectivity index (χ3n) is 5.54. The zero-order valence-electron chi connectivity index (χ0n) is 23.9. The van der Waals surface area contributed by atoms with Crippen molar-refractivity contribution < 1.29 is 42.1 Å². The molecule has 0 N–H and O–H groups in total. The predicted octanol–water partition coefficient (Wildman–Crippen LogP) is 5.32. The van der Waals surface area contributed by atoms with Gasteiger partial charge in [0.05, 0.1) is 27.7 Å². The maximum atomic E-state index is 12.3. The number of unbranched alkanes of at least 4 members (excludes halogenated alkanes) is 8. The number of likely N-dealkylation sites (N-methyl/N-ethyl adjacent to an activating group) is 1. The molecule has 0 rings (SSSR count). The van der Waals surface area contributed by atoms with Crippen molar-refractivity contribution in [3.8, 4) is 0 Å². The molecule has 0 aliphatic carbocycles. The third kappa shape index (κ3) is 24.8. The summed E-state index contributed by atoms with van der Waals surface area (Å²) in [7, 11) is 1.15. The number of rotatable bonds is 24. The first-order valence-electron chi connectivity index (χ1n) is 13.9. The predicted molar refractivity (Wildman–Crippen MR) is 144 cm³/mol. The van der Waals surface area contributed by atoms with Crippen LogP contribution in [-0.2, 0) is 32.7 Å². The minimum atomic E-state index is -4.59. The topological polar surface area (TPSA) is 111 Å². The lowest BCUT2D eigenvalue weighted by Gasteiger charge is -2.28. The van der Waals surface area contributed by atoms with Gasteiger partial charge in [-0.15, -0.1) is 0 Å². The van der Waals surface area contributed by atoms with Crippen molar-refractivity contribution in [2.75, 3.05) is 47.5 Å². The molecule has 0 spiro atoms. The molecule has 0 saturated heterocycles. The standard InChI is InChI=1S/C27H52NO8P/c1-6-8-10-11-12-13-14-15-16-17-18-20-27(30)36-25(23-33-26(29)19-9-7-2)24-35-37(31,32)34-22-21-28(3,4)5/h11-12,25H,6-10,13-24H2,1-5H3/b12-11-. The van der Waals surface area contributed by atoms with Gasteiger partial charge in [0.2, 0.25) is 0 Å². The summed E-state index contributed by atoms with van der Waals surface area (Å²) < 4.78 is 33.0. The fraction of sp³-hybridized carbons (Fsp3) is 0.852. The van der Waals surface area contributed by atoms with Crippen LogP contribution in [0.15, 0.2) is 12.2 Å². The molecule has 0 heterocycles. The summed E-state index contributed by atoms with van der Waals surface area (Å²) in [5.74, 6) is -0.892. The largest absolute Gasteiger partial charge is 0.756 e. The Bertz CT molecular complexity index is 678. The summed E-state index contributed by atoms with van der Waals surface area (Å²) in [4.78, 5) is 36.3. The number of phosphoric acid groups is 1. The SMILES string of the molecule is CCCC/C=C\CCCCCCCC(=O)OC(COC(=O)CCCC)COP(=O)([O-])OCC[N+](C)(C)C. The highest BCUT2D eigenvalue weighted by atomic mass is 31.2. The molecule has 9 nitrogen and oxygen atoms in total. The molecule has 0 bridgehead atoms. The number of hydrogen-bond acceptors (Lipinski definition) is 8. The van der Waals surface area contributed by atoms with Crippen LogP contribution in [0.2, 0.25) is 0 Å². The Morgan fingerprint density at radius 3 is 2.05 bits per heavy atom. The second-order valence-corrected chi connectivity index (χ2v) is 11.8. The highest BCUT2D eigenvalue weighted by Crippen LogP contribution is 2.38. The monoisotopic (exact) mass is 549 g/mol. The molecule has 0 amide bonds. The number of quaternary nitrogens is 1. The lowest BCUT2D eigenvalue weighted by Crippen LogP contribution is -2.37. The summed E-state index contributed by atoms with van der Waals surface area (Å²) in [5, 5.41) is 0. The fourth-order valence-electron chi connectivity index (χ4n) is 3.20. The Balaban J connectivity index is 4.44. The van der Waals surface area contributed by atoms with Gasteiger partial charge >= 0.3 is 11.9 Å². The van der Waals surface area contributed by atoms with Crippen LogP contribution < -0.4 is 4.89 Å². The number of carbonyl (C=O) groups excluding carboxylic acids is 2. The molecule has 0 saturated carbocycles. The van der Waals surface area contributed by atoms with E-state index < -0.39 is 32.5 Å². The Morgan fingerprint density at radius 2 is 1.41 bits per heavy atom. The van der Waals surface area contributed by atoms with Crippen LogP contribution in [0.5, 0.6) is 0 Å². The minimum absolute atomic E-state index is 0.0319. The van der Waals surface area contributed by atoms with E-state index in [1.807, 2.05) is 28.1 Å². The summed E-state index contributed by atoms with van der Waals surface area (Å²) >= 11 is 0. The zero-order chi connectivity index (χ0) is 28.0. The maximum Gasteiger partial charge on any atom is 0.306 e. The number of phosphoric ester groups is 1. The second-order valence-electron chi connectivity index (χ2n) is 10.4. The first-order chi connectivity index (χ1) is 17.5. The summed E-state index contributed by atoms with van der Waals surface area (Å²) in [5.41, 5.74) is 0. The number of hydrogen-bond donors (Lipinski definition) is 0. The normalized spacial score (nSPS) is 14.4. The summed E-state index contributed by atoms with van der Waals surface area (Å²) in [6, 6.07) is 0. The molecular weight excluding hydrogens is 497 g/mol. The van der Waals surface area contributed by atoms with Gasteiger partial charge in [-0.3, -0.25) is 14.2 Å². The number of nitrogens with zero attached hydrogens (tertiary/aromatic N) is 1. The van der Waals surface area contributed by atoms with Crippen LogP contribution in [0.3, 0.4) is 0 Å². The van der Waals surface area contributed by atoms with Gasteiger partial charge in [-0.2, -0.15) is 0 Å². The molecule has 10 heteroatoms. The van der Waals surface area contributed by atoms with Gasteiger partial charge in [-0.05, 0) is 32.1 Å². The minimum Gasteiger partial charge on any atom is -0.756 e. The van der Waals surface area contributed by atoms with Crippen molar-refractivity contribution in [1.29, 1.82) is 0 Å². The Morgan fingerprint density at radius 1 is 0.811 bits per heavy atom. The molecule has 0 aliphatic rings. The molecular formula is C27H52NO8P. The average Bonchev–Trinajstić information content (AvgIpc) is 2.81. The van der Waals surface area contributed by atoms with E-state index in [4.69, 9.17) is 18.5 Å². The van der Waals surface area contributed by atoms with E-state index in [9.17, 15) is 19.0 Å². The Labute approximate surface area is 225 Å². The molecule has 0 aromatic heterocycles. The average molecular weight is 550 g/mol. The van der Waals surface area contributed by atoms with Crippen molar-refractivity contribution in [3.05, 3.63) is 12.2 Å². The molecule has 0 radical (unpaired) electrons. The number of carbonyl (C=O) groups is 2. The highest BCUT2D eigenvalue weighted by Gasteiger charge is 2.21. The molecule has 0 aromatic carbocycles. The molecule has 0 aliphatic heterocycles. The lowest BCUT2D eigenvalue weighted by molar-refractivity contribution is -0.870. The van der Waals surface area contributed by atoms with Gasteiger partial charge in [0.1, 0.15) is 19.8 Å². The lowest BCUT2D eigenvalue weighted by atomic mass is 10.1. The van der Waals surface area contributed by atoms with Gasteiger partial charge in [0, 0.05) is 12.8 Å². The molecule has 2 atom stereocenters. The first kappa shape index (κ1) is 35.8. The van der Waals surface area contributed by atoms with Crippen LogP contribution in [0.25, 0.3) is 0 Å². The van der Waals surface area contributed by atoms with Gasteiger partial charge < -0.3 is 27.9 Å². The van der Waals surface area contributed by atoms with Crippen molar-refractivity contribution in [3.63, 3.8) is 0 Å². The molecule has 2 unspecified atom stereocenters. The van der Waals surface area contributed by atoms with Crippen LogP contribution >= 0.6 is 7.82 Å². The van der Waals surface area contributed by atoms with Crippen LogP contribution in [0.4, 0.5) is 0 Å². The molecule has 37 heavy (non-hydrogen) atoms. The number of ether oxygens (including phenoxy) is 2. The molecule has 218 valence electrons. The second kappa shape index (κ2) is 21.7. The van der Waals surface area contributed by atoms with Crippen molar-refractivity contribution in [1.82, 2.24) is 0 Å². The summed E-state index contributed by atoms with van der Waals surface area (Å²) in [6.45, 7) is 3.86. The van der Waals surface area contributed by atoms with E-state index in [1.54, 1.807) is 0 Å². The van der Waals surface area contributed by atoms with Gasteiger partial charge in [0.15, 0.2) is 6.10 Å². The first-order valence-corrected chi connectivity index (χ1v) is 15.4. The van der Waals surface area contributed by atoms with Crippen LogP contribution in [0.1, 0.15) is 97.3 Å². The van der Waals surface area contributed by atoms with E-state index in [-0.39, 0.29) is 26.1 Å². The van der Waals surface area contributed by atoms with Crippen molar-refractivity contribution in [2.24, 2.45) is 0 Å².